The summed E-state index contributed by atoms with van der Waals surface area (Å²) in [4.78, 5) is 24.8. The highest BCUT2D eigenvalue weighted by atomic mass is 79.9. The number of amides is 2. The lowest BCUT2D eigenvalue weighted by atomic mass is 10.2. The van der Waals surface area contributed by atoms with E-state index in [0.29, 0.717) is 19.0 Å². The smallest absolute Gasteiger partial charge is 0.321 e. The van der Waals surface area contributed by atoms with Crippen LogP contribution in [0.4, 0.5) is 16.4 Å². The molecular weight excluding hydrogens is 358 g/mol. The Morgan fingerprint density at radius 1 is 1.17 bits per heavy atom. The van der Waals surface area contributed by atoms with Gasteiger partial charge < -0.3 is 15.1 Å². The predicted octanol–water partition coefficient (Wildman–Crippen LogP) is 2.90. The number of piperazine rings is 1. The molecular formula is C16H18BrN5O. The average molecular weight is 376 g/mol. The van der Waals surface area contributed by atoms with E-state index in [0.717, 1.165) is 28.8 Å². The van der Waals surface area contributed by atoms with Crippen molar-refractivity contribution < 1.29 is 4.79 Å². The van der Waals surface area contributed by atoms with E-state index < -0.39 is 0 Å². The van der Waals surface area contributed by atoms with Crippen LogP contribution in [0, 0.1) is 6.92 Å². The molecule has 0 bridgehead atoms. The number of nitrogens with zero attached hydrogens (tertiary/aromatic N) is 4. The van der Waals surface area contributed by atoms with Crippen molar-refractivity contribution in [3.8, 4) is 0 Å². The van der Waals surface area contributed by atoms with E-state index in [1.807, 2.05) is 30.0 Å². The molecule has 3 rings (SSSR count). The van der Waals surface area contributed by atoms with Gasteiger partial charge >= 0.3 is 6.03 Å². The van der Waals surface area contributed by atoms with Crippen molar-refractivity contribution in [3.05, 3.63) is 46.7 Å². The molecule has 2 aromatic rings. The van der Waals surface area contributed by atoms with Crippen LogP contribution >= 0.6 is 15.9 Å². The summed E-state index contributed by atoms with van der Waals surface area (Å²) >= 11 is 3.48. The second kappa shape index (κ2) is 6.95. The lowest BCUT2D eigenvalue weighted by Crippen LogP contribution is -2.50. The number of aryl methyl sites for hydroxylation is 1. The largest absolute Gasteiger partial charge is 0.337 e. The first-order valence-electron chi connectivity index (χ1n) is 7.47. The lowest BCUT2D eigenvalue weighted by Gasteiger charge is -2.34. The van der Waals surface area contributed by atoms with Crippen LogP contribution in [0.5, 0.6) is 0 Å². The summed E-state index contributed by atoms with van der Waals surface area (Å²) < 4.78 is 0.891. The number of anilines is 2. The minimum absolute atomic E-state index is 0.0804. The maximum absolute atomic E-state index is 12.4. The third-order valence-electron chi connectivity index (χ3n) is 3.77. The van der Waals surface area contributed by atoms with Gasteiger partial charge in [0.25, 0.3) is 0 Å². The minimum atomic E-state index is -0.0804. The van der Waals surface area contributed by atoms with E-state index in [1.165, 1.54) is 0 Å². The highest BCUT2D eigenvalue weighted by molar-refractivity contribution is 9.10. The van der Waals surface area contributed by atoms with Crippen molar-refractivity contribution in [2.75, 3.05) is 36.4 Å². The Balaban J connectivity index is 1.58. The summed E-state index contributed by atoms with van der Waals surface area (Å²) in [5.74, 6) is 0.717. The van der Waals surface area contributed by atoms with Gasteiger partial charge in [-0.15, -0.1) is 0 Å². The summed E-state index contributed by atoms with van der Waals surface area (Å²) in [5.41, 5.74) is 1.93. The molecule has 0 atom stereocenters. The van der Waals surface area contributed by atoms with Crippen LogP contribution in [0.1, 0.15) is 5.56 Å². The first-order chi connectivity index (χ1) is 11.1. The topological polar surface area (TPSA) is 61.4 Å². The van der Waals surface area contributed by atoms with Gasteiger partial charge in [-0.05, 0) is 46.6 Å². The average Bonchev–Trinajstić information content (AvgIpc) is 2.58. The molecule has 120 valence electrons. The van der Waals surface area contributed by atoms with Crippen molar-refractivity contribution in [2.45, 2.75) is 6.92 Å². The molecule has 2 amide bonds. The van der Waals surface area contributed by atoms with Crippen LogP contribution in [0.25, 0.3) is 0 Å². The second-order valence-electron chi connectivity index (χ2n) is 5.44. The van der Waals surface area contributed by atoms with E-state index >= 15 is 0 Å². The number of benzene rings is 1. The summed E-state index contributed by atoms with van der Waals surface area (Å²) in [6.45, 7) is 4.77. The Morgan fingerprint density at radius 2 is 1.87 bits per heavy atom. The van der Waals surface area contributed by atoms with Crippen molar-refractivity contribution >= 4 is 33.6 Å². The summed E-state index contributed by atoms with van der Waals surface area (Å²) in [6.07, 6.45) is 3.46. The number of aromatic nitrogens is 2. The molecule has 6 nitrogen and oxygen atoms in total. The number of carbonyl (C=O) groups excluding carboxylic acids is 1. The molecule has 1 aliphatic heterocycles. The van der Waals surface area contributed by atoms with Gasteiger partial charge in [-0.1, -0.05) is 6.07 Å². The molecule has 0 unspecified atom stereocenters. The van der Waals surface area contributed by atoms with Crippen LogP contribution in [-0.4, -0.2) is 47.1 Å². The molecule has 1 saturated heterocycles. The Labute approximate surface area is 143 Å². The van der Waals surface area contributed by atoms with Crippen molar-refractivity contribution in [1.82, 2.24) is 14.9 Å². The van der Waals surface area contributed by atoms with Gasteiger partial charge in [-0.2, -0.15) is 0 Å². The molecule has 1 fully saturated rings. The molecule has 7 heteroatoms. The van der Waals surface area contributed by atoms with Gasteiger partial charge in [0, 0.05) is 43.0 Å². The second-order valence-corrected chi connectivity index (χ2v) is 6.29. The summed E-state index contributed by atoms with van der Waals surface area (Å²) in [5, 5.41) is 2.95. The maximum atomic E-state index is 12.4. The number of urea groups is 1. The van der Waals surface area contributed by atoms with Crippen molar-refractivity contribution in [3.63, 3.8) is 0 Å². The van der Waals surface area contributed by atoms with Gasteiger partial charge in [0.15, 0.2) is 0 Å². The zero-order valence-corrected chi connectivity index (χ0v) is 14.5. The number of carbonyl (C=O) groups is 1. The first-order valence-corrected chi connectivity index (χ1v) is 8.27. The SMILES string of the molecule is Cc1ccc(NC(=O)N2CCN(c3ncccn3)CC2)c(Br)c1. The Kier molecular flexibility index (Phi) is 4.76. The predicted molar refractivity (Wildman–Crippen MR) is 93.7 cm³/mol. The highest BCUT2D eigenvalue weighted by Gasteiger charge is 2.22. The van der Waals surface area contributed by atoms with Crippen LogP contribution in [0.3, 0.4) is 0 Å². The molecule has 2 heterocycles. The molecule has 0 saturated carbocycles. The Morgan fingerprint density at radius 3 is 2.52 bits per heavy atom. The standard InChI is InChI=1S/C16H18BrN5O/c1-12-3-4-14(13(17)11-12)20-16(23)22-9-7-21(8-10-22)15-18-5-2-6-19-15/h2-6,11H,7-10H2,1H3,(H,20,23). The zero-order chi connectivity index (χ0) is 16.2. The van der Waals surface area contributed by atoms with Crippen LogP contribution in [0.2, 0.25) is 0 Å². The Hall–Kier alpha value is -2.15. The third kappa shape index (κ3) is 3.79. The van der Waals surface area contributed by atoms with Gasteiger partial charge in [-0.25, -0.2) is 14.8 Å². The van der Waals surface area contributed by atoms with E-state index in [4.69, 9.17) is 0 Å². The summed E-state index contributed by atoms with van der Waals surface area (Å²) in [7, 11) is 0. The fourth-order valence-corrected chi connectivity index (χ4v) is 3.07. The number of hydrogen-bond donors (Lipinski definition) is 1. The number of hydrogen-bond acceptors (Lipinski definition) is 4. The number of nitrogens with one attached hydrogen (secondary N) is 1. The van der Waals surface area contributed by atoms with Crippen LogP contribution < -0.4 is 10.2 Å². The maximum Gasteiger partial charge on any atom is 0.321 e. The highest BCUT2D eigenvalue weighted by Crippen LogP contribution is 2.23. The van der Waals surface area contributed by atoms with Gasteiger partial charge in [0.1, 0.15) is 0 Å². The molecule has 1 aromatic carbocycles. The molecule has 0 aliphatic carbocycles. The van der Waals surface area contributed by atoms with Crippen molar-refractivity contribution in [2.24, 2.45) is 0 Å². The Bertz CT molecular complexity index is 686. The first kappa shape index (κ1) is 15.7. The molecule has 1 aliphatic rings. The van der Waals surface area contributed by atoms with Crippen LogP contribution in [-0.2, 0) is 0 Å². The van der Waals surface area contributed by atoms with Crippen LogP contribution in [0.15, 0.2) is 41.1 Å². The molecule has 0 radical (unpaired) electrons. The third-order valence-corrected chi connectivity index (χ3v) is 4.42. The quantitative estimate of drug-likeness (QED) is 0.876. The number of halogens is 1. The summed E-state index contributed by atoms with van der Waals surface area (Å²) in [6, 6.07) is 7.59. The van der Waals surface area contributed by atoms with Gasteiger partial charge in [0.2, 0.25) is 5.95 Å². The van der Waals surface area contributed by atoms with E-state index in [1.54, 1.807) is 18.5 Å². The zero-order valence-electron chi connectivity index (χ0n) is 12.9. The molecule has 23 heavy (non-hydrogen) atoms. The van der Waals surface area contributed by atoms with E-state index in [2.05, 4.69) is 36.1 Å². The fraction of sp³-hybridized carbons (Fsp3) is 0.312. The van der Waals surface area contributed by atoms with Gasteiger partial charge in [0.05, 0.1) is 5.69 Å². The lowest BCUT2D eigenvalue weighted by molar-refractivity contribution is 0.208. The molecule has 0 spiro atoms. The minimum Gasteiger partial charge on any atom is -0.337 e. The number of rotatable bonds is 2. The normalized spacial score (nSPS) is 14.7. The fourth-order valence-electron chi connectivity index (χ4n) is 2.48. The van der Waals surface area contributed by atoms with E-state index in [9.17, 15) is 4.79 Å². The monoisotopic (exact) mass is 375 g/mol. The van der Waals surface area contributed by atoms with Crippen molar-refractivity contribution in [1.29, 1.82) is 0 Å². The molecule has 1 aromatic heterocycles. The van der Waals surface area contributed by atoms with Gasteiger partial charge in [-0.3, -0.25) is 0 Å². The van der Waals surface area contributed by atoms with E-state index in [-0.39, 0.29) is 6.03 Å². The molecule has 1 N–H and O–H groups in total.